The predicted octanol–water partition coefficient (Wildman–Crippen LogP) is 4.21. The predicted molar refractivity (Wildman–Crippen MR) is 102 cm³/mol. The fourth-order valence-corrected chi connectivity index (χ4v) is 5.60. The van der Waals surface area contributed by atoms with Gasteiger partial charge in [-0.15, -0.1) is 19.0 Å². The fourth-order valence-electron chi connectivity index (χ4n) is 5.60. The minimum absolute atomic E-state index is 0. The molecule has 2 saturated carbocycles. The number of hydrogen-bond donors (Lipinski definition) is 1. The first-order valence-corrected chi connectivity index (χ1v) is 8.98. The van der Waals surface area contributed by atoms with Gasteiger partial charge in [0, 0.05) is 17.8 Å². The Bertz CT molecular complexity index is 448. The van der Waals surface area contributed by atoms with Gasteiger partial charge in [0.15, 0.2) is 0 Å². The Hall–Kier alpha value is -0.380. The number of carbonyl (C=O) groups excluding carboxylic acids is 1. The van der Waals surface area contributed by atoms with Gasteiger partial charge in [0.05, 0.1) is 6.10 Å². The largest absolute Gasteiger partial charge is 0.412 e. The molecule has 0 amide bonds. The molecule has 142 valence electrons. The fraction of sp³-hybridized carbons (Fsp3) is 0.850. The number of allylic oxidation sites excluding steroid dienone is 1. The highest BCUT2D eigenvalue weighted by molar-refractivity contribution is 5.85. The summed E-state index contributed by atoms with van der Waals surface area (Å²) in [6, 6.07) is 0. The molecule has 1 unspecified atom stereocenters. The molecule has 4 heteroatoms. The van der Waals surface area contributed by atoms with Gasteiger partial charge in [-0.25, -0.2) is 0 Å². The standard InChI is InChI=1S/C20H34O2.ClH.H2O/c1-7-13(2)12-15(21)18-14(3)8-9-16-19(4,5)11-10-17(22)20(16,18)6;;/h7,13-14,16-18,22H,1,8-12H2,2-6H3;1H;1H2/t13-,14+,16+,17?,18-,20-;;/m1../s1. The third kappa shape index (κ3) is 3.89. The van der Waals surface area contributed by atoms with Crippen LogP contribution in [0.3, 0.4) is 0 Å². The smallest absolute Gasteiger partial charge is 0.137 e. The first-order valence-electron chi connectivity index (χ1n) is 8.98. The van der Waals surface area contributed by atoms with Crippen molar-refractivity contribution in [1.29, 1.82) is 0 Å². The van der Waals surface area contributed by atoms with Crippen molar-refractivity contribution >= 4 is 18.2 Å². The molecule has 0 heterocycles. The van der Waals surface area contributed by atoms with Gasteiger partial charge in [0.1, 0.15) is 5.78 Å². The summed E-state index contributed by atoms with van der Waals surface area (Å²) in [6.45, 7) is 14.9. The van der Waals surface area contributed by atoms with Crippen LogP contribution in [0.4, 0.5) is 0 Å². The van der Waals surface area contributed by atoms with E-state index in [9.17, 15) is 9.90 Å². The van der Waals surface area contributed by atoms with E-state index in [1.165, 1.54) is 0 Å². The lowest BCUT2D eigenvalue weighted by molar-refractivity contribution is -0.175. The molecule has 0 saturated heterocycles. The highest BCUT2D eigenvalue weighted by Gasteiger charge is 2.59. The second kappa shape index (κ2) is 8.33. The topological polar surface area (TPSA) is 68.8 Å². The van der Waals surface area contributed by atoms with Crippen molar-refractivity contribution in [3.05, 3.63) is 12.7 Å². The zero-order valence-corrected chi connectivity index (χ0v) is 16.8. The summed E-state index contributed by atoms with van der Waals surface area (Å²) in [4.78, 5) is 13.0. The van der Waals surface area contributed by atoms with Gasteiger partial charge < -0.3 is 10.6 Å². The molecule has 0 aromatic rings. The molecule has 2 aliphatic carbocycles. The first kappa shape index (κ1) is 23.6. The van der Waals surface area contributed by atoms with Crippen LogP contribution in [0, 0.1) is 34.5 Å². The summed E-state index contributed by atoms with van der Waals surface area (Å²) in [5, 5.41) is 10.9. The number of aliphatic hydroxyl groups is 1. The summed E-state index contributed by atoms with van der Waals surface area (Å²) in [7, 11) is 0. The number of rotatable bonds is 4. The lowest BCUT2D eigenvalue weighted by Crippen LogP contribution is -2.59. The number of carbonyl (C=O) groups is 1. The maximum atomic E-state index is 13.0. The average Bonchev–Trinajstić information content (AvgIpc) is 2.42. The second-order valence-electron chi connectivity index (χ2n) is 8.88. The van der Waals surface area contributed by atoms with E-state index in [-0.39, 0.29) is 46.7 Å². The molecule has 0 aromatic heterocycles. The molecule has 0 bridgehead atoms. The number of hydrogen-bond acceptors (Lipinski definition) is 2. The monoisotopic (exact) mass is 360 g/mol. The van der Waals surface area contributed by atoms with Gasteiger partial charge in [-0.2, -0.15) is 0 Å². The van der Waals surface area contributed by atoms with Crippen LogP contribution in [-0.4, -0.2) is 22.5 Å². The van der Waals surface area contributed by atoms with Crippen LogP contribution in [0.2, 0.25) is 0 Å². The van der Waals surface area contributed by atoms with E-state index in [4.69, 9.17) is 0 Å². The van der Waals surface area contributed by atoms with E-state index in [0.717, 1.165) is 25.7 Å². The zero-order chi connectivity index (χ0) is 16.7. The SMILES string of the molecule is C=C[C@@H](C)CC(=O)[C@H]1[C@@H](C)CC[C@H]2C(C)(C)CCC(O)[C@]12C.Cl.O. The number of fused-ring (bicyclic) bond motifs is 1. The molecule has 0 aliphatic heterocycles. The van der Waals surface area contributed by atoms with Crippen LogP contribution in [0.5, 0.6) is 0 Å². The highest BCUT2D eigenvalue weighted by Crippen LogP contribution is 2.61. The van der Waals surface area contributed by atoms with Crippen molar-refractivity contribution in [3.8, 4) is 0 Å². The molecule has 0 aromatic carbocycles. The molecule has 24 heavy (non-hydrogen) atoms. The van der Waals surface area contributed by atoms with E-state index >= 15 is 0 Å². The van der Waals surface area contributed by atoms with Crippen molar-refractivity contribution in [2.75, 3.05) is 0 Å². The van der Waals surface area contributed by atoms with Crippen molar-refractivity contribution in [1.82, 2.24) is 0 Å². The first-order chi connectivity index (χ1) is 10.1. The number of ketones is 1. The van der Waals surface area contributed by atoms with Crippen LogP contribution in [0.25, 0.3) is 0 Å². The van der Waals surface area contributed by atoms with Gasteiger partial charge in [-0.1, -0.05) is 40.7 Å². The molecule has 2 fully saturated rings. The molecule has 0 spiro atoms. The van der Waals surface area contributed by atoms with Gasteiger partial charge in [0.2, 0.25) is 0 Å². The molecular weight excluding hydrogens is 324 g/mol. The average molecular weight is 361 g/mol. The summed E-state index contributed by atoms with van der Waals surface area (Å²) in [5.74, 6) is 1.35. The van der Waals surface area contributed by atoms with E-state index in [1.807, 2.05) is 6.08 Å². The van der Waals surface area contributed by atoms with Crippen molar-refractivity contribution in [2.45, 2.75) is 72.8 Å². The molecule has 2 aliphatic rings. The van der Waals surface area contributed by atoms with E-state index < -0.39 is 0 Å². The van der Waals surface area contributed by atoms with Gasteiger partial charge in [-0.05, 0) is 48.9 Å². The quantitative estimate of drug-likeness (QED) is 0.762. The lowest BCUT2D eigenvalue weighted by atomic mass is 9.45. The number of Topliss-reactive ketones (excluding diaryl/α,β-unsaturated/α-hetero) is 1. The molecule has 0 radical (unpaired) electrons. The summed E-state index contributed by atoms with van der Waals surface area (Å²) in [6.07, 6.45) is 6.22. The van der Waals surface area contributed by atoms with Crippen LogP contribution in [0.15, 0.2) is 12.7 Å². The summed E-state index contributed by atoms with van der Waals surface area (Å²) < 4.78 is 0. The molecule has 2 rings (SSSR count). The zero-order valence-electron chi connectivity index (χ0n) is 16.0. The Morgan fingerprint density at radius 2 is 1.88 bits per heavy atom. The Labute approximate surface area is 154 Å². The Kier molecular flexibility index (Phi) is 8.20. The van der Waals surface area contributed by atoms with Crippen molar-refractivity contribution in [3.63, 3.8) is 0 Å². The van der Waals surface area contributed by atoms with Crippen LogP contribution in [0.1, 0.15) is 66.7 Å². The highest BCUT2D eigenvalue weighted by atomic mass is 35.5. The van der Waals surface area contributed by atoms with Crippen molar-refractivity contribution < 1.29 is 15.4 Å². The maximum absolute atomic E-state index is 13.0. The van der Waals surface area contributed by atoms with Gasteiger partial charge >= 0.3 is 0 Å². The normalized spacial score (nSPS) is 38.8. The van der Waals surface area contributed by atoms with Crippen LogP contribution in [-0.2, 0) is 4.79 Å². The van der Waals surface area contributed by atoms with E-state index in [0.29, 0.717) is 24.0 Å². The summed E-state index contributed by atoms with van der Waals surface area (Å²) >= 11 is 0. The minimum atomic E-state index is -0.346. The van der Waals surface area contributed by atoms with Crippen molar-refractivity contribution in [2.24, 2.45) is 34.5 Å². The molecule has 3 nitrogen and oxygen atoms in total. The molecule has 3 N–H and O–H groups in total. The maximum Gasteiger partial charge on any atom is 0.137 e. The van der Waals surface area contributed by atoms with Crippen LogP contribution < -0.4 is 0 Å². The molecule has 6 atom stereocenters. The Morgan fingerprint density at radius 3 is 2.42 bits per heavy atom. The third-order valence-corrected chi connectivity index (χ3v) is 6.90. The molecular formula is C20H37ClO3. The van der Waals surface area contributed by atoms with Gasteiger partial charge in [-0.3, -0.25) is 4.79 Å². The Balaban J connectivity index is 0.00000264. The minimum Gasteiger partial charge on any atom is -0.412 e. The summed E-state index contributed by atoms with van der Waals surface area (Å²) in [5.41, 5.74) is -0.0475. The Morgan fingerprint density at radius 1 is 1.29 bits per heavy atom. The second-order valence-corrected chi connectivity index (χ2v) is 8.88. The van der Waals surface area contributed by atoms with Gasteiger partial charge in [0.25, 0.3) is 0 Å². The number of aliphatic hydroxyl groups excluding tert-OH is 1. The van der Waals surface area contributed by atoms with Crippen LogP contribution >= 0.6 is 12.4 Å². The van der Waals surface area contributed by atoms with E-state index in [1.54, 1.807) is 0 Å². The lowest BCUT2D eigenvalue weighted by Gasteiger charge is -2.60. The van der Waals surface area contributed by atoms with E-state index in [2.05, 4.69) is 41.2 Å². The number of halogens is 1. The third-order valence-electron chi connectivity index (χ3n) is 6.90.